The van der Waals surface area contributed by atoms with Crippen molar-refractivity contribution in [3.05, 3.63) is 69.9 Å². The fourth-order valence-corrected chi connectivity index (χ4v) is 2.64. The lowest BCUT2D eigenvalue weighted by Crippen LogP contribution is -2.37. The van der Waals surface area contributed by atoms with Crippen LogP contribution in [0.3, 0.4) is 0 Å². The van der Waals surface area contributed by atoms with Gasteiger partial charge in [0.2, 0.25) is 0 Å². The summed E-state index contributed by atoms with van der Waals surface area (Å²) in [7, 11) is 0. The third-order valence-corrected chi connectivity index (χ3v) is 4.44. The standard InChI is InChI=1S/C19H19BrFNO3/c1-12(14-6-4-3-5-7-14)11-22-18(23)13(2)25-19(24)16-10-15(21)8-9-17(16)20/h3-10,12-13H,11H2,1-2H3,(H,22,23)/t12-,13-/m1/s1. The topological polar surface area (TPSA) is 55.4 Å². The summed E-state index contributed by atoms with van der Waals surface area (Å²) < 4.78 is 18.8. The monoisotopic (exact) mass is 407 g/mol. The van der Waals surface area contributed by atoms with E-state index >= 15 is 0 Å². The Kier molecular flexibility index (Phi) is 6.70. The Bertz CT molecular complexity index is 752. The molecule has 0 bridgehead atoms. The lowest BCUT2D eigenvalue weighted by Gasteiger charge is -2.17. The van der Waals surface area contributed by atoms with E-state index in [1.165, 1.54) is 19.1 Å². The van der Waals surface area contributed by atoms with Gasteiger partial charge in [0.1, 0.15) is 5.82 Å². The van der Waals surface area contributed by atoms with E-state index in [1.54, 1.807) is 0 Å². The molecular weight excluding hydrogens is 389 g/mol. The van der Waals surface area contributed by atoms with Crippen molar-refractivity contribution in [1.29, 1.82) is 0 Å². The first-order valence-corrected chi connectivity index (χ1v) is 8.66. The Morgan fingerprint density at radius 1 is 1.16 bits per heavy atom. The van der Waals surface area contributed by atoms with Crippen LogP contribution in [0.1, 0.15) is 35.7 Å². The second kappa shape index (κ2) is 8.76. The molecule has 4 nitrogen and oxygen atoms in total. The number of esters is 1. The van der Waals surface area contributed by atoms with Crippen LogP contribution >= 0.6 is 15.9 Å². The maximum atomic E-state index is 13.3. The number of halogens is 2. The van der Waals surface area contributed by atoms with Crippen LogP contribution in [-0.2, 0) is 9.53 Å². The summed E-state index contributed by atoms with van der Waals surface area (Å²) in [4.78, 5) is 24.2. The van der Waals surface area contributed by atoms with Crippen molar-refractivity contribution in [3.63, 3.8) is 0 Å². The van der Waals surface area contributed by atoms with E-state index in [1.807, 2.05) is 37.3 Å². The van der Waals surface area contributed by atoms with Crippen molar-refractivity contribution in [2.24, 2.45) is 0 Å². The van der Waals surface area contributed by atoms with Crippen molar-refractivity contribution < 1.29 is 18.7 Å². The number of benzene rings is 2. The van der Waals surface area contributed by atoms with Gasteiger partial charge in [0, 0.05) is 11.0 Å². The van der Waals surface area contributed by atoms with Crippen molar-refractivity contribution in [1.82, 2.24) is 5.32 Å². The van der Waals surface area contributed by atoms with Crippen LogP contribution in [-0.4, -0.2) is 24.5 Å². The summed E-state index contributed by atoms with van der Waals surface area (Å²) in [5, 5.41) is 2.76. The van der Waals surface area contributed by atoms with Crippen LogP contribution in [0.25, 0.3) is 0 Å². The van der Waals surface area contributed by atoms with Gasteiger partial charge < -0.3 is 10.1 Å². The maximum Gasteiger partial charge on any atom is 0.340 e. The van der Waals surface area contributed by atoms with Gasteiger partial charge in [-0.15, -0.1) is 0 Å². The summed E-state index contributed by atoms with van der Waals surface area (Å²) in [6.07, 6.45) is -0.981. The Morgan fingerprint density at radius 3 is 2.52 bits per heavy atom. The van der Waals surface area contributed by atoms with Crippen LogP contribution < -0.4 is 5.32 Å². The Labute approximate surface area is 154 Å². The van der Waals surface area contributed by atoms with Gasteiger partial charge in [-0.1, -0.05) is 37.3 Å². The first-order chi connectivity index (χ1) is 11.9. The zero-order valence-corrected chi connectivity index (χ0v) is 15.5. The average molecular weight is 408 g/mol. The number of amides is 1. The fraction of sp³-hybridized carbons (Fsp3) is 0.263. The predicted molar refractivity (Wildman–Crippen MR) is 96.8 cm³/mol. The quantitative estimate of drug-likeness (QED) is 0.734. The normalized spacial score (nSPS) is 13.0. The van der Waals surface area contributed by atoms with Gasteiger partial charge >= 0.3 is 5.97 Å². The number of carbonyl (C=O) groups is 2. The molecule has 0 radical (unpaired) electrons. The van der Waals surface area contributed by atoms with Gasteiger partial charge in [-0.25, -0.2) is 9.18 Å². The second-order valence-electron chi connectivity index (χ2n) is 5.73. The molecule has 2 atom stereocenters. The third kappa shape index (κ3) is 5.39. The molecule has 0 saturated heterocycles. The lowest BCUT2D eigenvalue weighted by atomic mass is 10.0. The minimum absolute atomic E-state index is 0.0392. The van der Waals surface area contributed by atoms with E-state index < -0.39 is 23.8 Å². The molecule has 1 amide bonds. The third-order valence-electron chi connectivity index (χ3n) is 3.75. The molecule has 0 spiro atoms. The zero-order valence-electron chi connectivity index (χ0n) is 14.0. The summed E-state index contributed by atoms with van der Waals surface area (Å²) in [5.74, 6) is -1.58. The van der Waals surface area contributed by atoms with Crippen molar-refractivity contribution >= 4 is 27.8 Å². The zero-order chi connectivity index (χ0) is 18.4. The molecule has 2 aromatic rings. The molecule has 0 unspecified atom stereocenters. The molecule has 0 heterocycles. The van der Waals surface area contributed by atoms with E-state index in [0.29, 0.717) is 11.0 Å². The average Bonchev–Trinajstić information content (AvgIpc) is 2.61. The van der Waals surface area contributed by atoms with Gasteiger partial charge in [0.15, 0.2) is 6.10 Å². The summed E-state index contributed by atoms with van der Waals surface area (Å²) in [6, 6.07) is 13.5. The van der Waals surface area contributed by atoms with Gasteiger partial charge in [0.25, 0.3) is 5.91 Å². The molecule has 0 aromatic heterocycles. The van der Waals surface area contributed by atoms with Gasteiger partial charge in [0.05, 0.1) is 5.56 Å². The van der Waals surface area contributed by atoms with Gasteiger partial charge in [-0.2, -0.15) is 0 Å². The highest BCUT2D eigenvalue weighted by atomic mass is 79.9. The molecule has 1 N–H and O–H groups in total. The smallest absolute Gasteiger partial charge is 0.340 e. The Balaban J connectivity index is 1.89. The van der Waals surface area contributed by atoms with Gasteiger partial charge in [-0.05, 0) is 52.5 Å². The number of carbonyl (C=O) groups excluding carboxylic acids is 2. The molecule has 0 aliphatic heterocycles. The molecule has 6 heteroatoms. The van der Waals surface area contributed by atoms with E-state index in [9.17, 15) is 14.0 Å². The predicted octanol–water partition coefficient (Wildman–Crippen LogP) is 4.05. The molecule has 2 aromatic carbocycles. The number of nitrogens with one attached hydrogen (secondary N) is 1. The van der Waals surface area contributed by atoms with E-state index in [-0.39, 0.29) is 11.5 Å². The largest absolute Gasteiger partial charge is 0.449 e. The highest BCUT2D eigenvalue weighted by molar-refractivity contribution is 9.10. The first-order valence-electron chi connectivity index (χ1n) is 7.87. The van der Waals surface area contributed by atoms with E-state index in [4.69, 9.17) is 4.74 Å². The van der Waals surface area contributed by atoms with Crippen LogP contribution in [0.15, 0.2) is 53.0 Å². The maximum absolute atomic E-state index is 13.3. The van der Waals surface area contributed by atoms with Gasteiger partial charge in [-0.3, -0.25) is 4.79 Å². The molecule has 25 heavy (non-hydrogen) atoms. The molecule has 0 aliphatic rings. The van der Waals surface area contributed by atoms with E-state index in [0.717, 1.165) is 11.6 Å². The van der Waals surface area contributed by atoms with Crippen LogP contribution in [0.2, 0.25) is 0 Å². The van der Waals surface area contributed by atoms with Crippen molar-refractivity contribution in [2.45, 2.75) is 25.9 Å². The van der Waals surface area contributed by atoms with E-state index in [2.05, 4.69) is 21.2 Å². The van der Waals surface area contributed by atoms with Crippen LogP contribution in [0.4, 0.5) is 4.39 Å². The van der Waals surface area contributed by atoms with Crippen molar-refractivity contribution in [3.8, 4) is 0 Å². The number of hydrogen-bond acceptors (Lipinski definition) is 3. The molecule has 0 fully saturated rings. The minimum Gasteiger partial charge on any atom is -0.449 e. The lowest BCUT2D eigenvalue weighted by molar-refractivity contribution is -0.129. The highest BCUT2D eigenvalue weighted by Gasteiger charge is 2.21. The summed E-state index contributed by atoms with van der Waals surface area (Å²) >= 11 is 3.17. The second-order valence-corrected chi connectivity index (χ2v) is 6.58. The molecule has 0 aliphatic carbocycles. The van der Waals surface area contributed by atoms with Crippen LogP contribution in [0, 0.1) is 5.82 Å². The number of ether oxygens (including phenoxy) is 1. The number of rotatable bonds is 6. The summed E-state index contributed by atoms with van der Waals surface area (Å²) in [6.45, 7) is 3.90. The highest BCUT2D eigenvalue weighted by Crippen LogP contribution is 2.19. The summed E-state index contributed by atoms with van der Waals surface area (Å²) in [5.41, 5.74) is 1.15. The van der Waals surface area contributed by atoms with Crippen molar-refractivity contribution in [2.75, 3.05) is 6.54 Å². The minimum atomic E-state index is -0.981. The Hall–Kier alpha value is -2.21. The SMILES string of the molecule is C[C@H](CNC(=O)[C@@H](C)OC(=O)c1cc(F)ccc1Br)c1ccccc1. The molecule has 2 rings (SSSR count). The van der Waals surface area contributed by atoms with Crippen LogP contribution in [0.5, 0.6) is 0 Å². The molecular formula is C19H19BrFNO3. The number of hydrogen-bond donors (Lipinski definition) is 1. The molecule has 0 saturated carbocycles. The Morgan fingerprint density at radius 2 is 1.84 bits per heavy atom. The molecule has 132 valence electrons. The first kappa shape index (κ1) is 19.1. The fourth-order valence-electron chi connectivity index (χ4n) is 2.23.